The molecule has 0 aromatic carbocycles. The van der Waals surface area contributed by atoms with Gasteiger partial charge in [-0.1, -0.05) is 0 Å². The molecule has 2 rings (SSSR count). The molecule has 2 aromatic heterocycles. The molecule has 0 unspecified atom stereocenters. The number of carboxylic acids is 1. The Labute approximate surface area is 77.8 Å². The topological polar surface area (TPSA) is 107 Å². The zero-order chi connectivity index (χ0) is 10.1. The Kier molecular flexibility index (Phi) is 1.70. The van der Waals surface area contributed by atoms with Gasteiger partial charge in [-0.15, -0.1) is 0 Å². The number of anilines is 1. The molecule has 0 aliphatic carbocycles. The molecule has 0 atom stereocenters. The first-order valence-corrected chi connectivity index (χ1v) is 3.66. The van der Waals surface area contributed by atoms with Gasteiger partial charge < -0.3 is 15.3 Å². The smallest absolute Gasteiger partial charge is 0.356 e. The van der Waals surface area contributed by atoms with Crippen molar-refractivity contribution in [2.24, 2.45) is 0 Å². The molecule has 2 aromatic rings. The predicted molar refractivity (Wildman–Crippen MR) is 45.0 cm³/mol. The number of nitrogen functional groups attached to an aromatic ring is 1. The third kappa shape index (κ3) is 1.20. The van der Waals surface area contributed by atoms with E-state index in [1.54, 1.807) is 0 Å². The van der Waals surface area contributed by atoms with Crippen LogP contribution in [0.1, 0.15) is 10.5 Å². The molecule has 0 saturated heterocycles. The van der Waals surface area contributed by atoms with Gasteiger partial charge in [-0.25, -0.2) is 9.78 Å². The van der Waals surface area contributed by atoms with E-state index in [-0.39, 0.29) is 17.4 Å². The van der Waals surface area contributed by atoms with Crippen molar-refractivity contribution in [2.45, 2.75) is 0 Å². The van der Waals surface area contributed by atoms with Crippen LogP contribution in [0.15, 0.2) is 23.1 Å². The van der Waals surface area contributed by atoms with Crippen LogP contribution in [-0.2, 0) is 0 Å². The van der Waals surface area contributed by atoms with Crippen LogP contribution in [0.5, 0.6) is 0 Å². The Hall–Kier alpha value is -2.31. The lowest BCUT2D eigenvalue weighted by Crippen LogP contribution is -2.02. The van der Waals surface area contributed by atoms with Crippen molar-refractivity contribution in [3.05, 3.63) is 24.4 Å². The van der Waals surface area contributed by atoms with Gasteiger partial charge in [0.15, 0.2) is 12.1 Å². The minimum absolute atomic E-state index is 0.140. The van der Waals surface area contributed by atoms with Gasteiger partial charge in [0.2, 0.25) is 5.88 Å². The van der Waals surface area contributed by atoms with E-state index in [1.807, 2.05) is 0 Å². The number of aromatic nitrogens is 3. The maximum Gasteiger partial charge on any atom is 0.356 e. The van der Waals surface area contributed by atoms with Crippen LogP contribution in [0, 0.1) is 0 Å². The van der Waals surface area contributed by atoms with Gasteiger partial charge in [0, 0.05) is 6.07 Å². The van der Waals surface area contributed by atoms with Crippen LogP contribution < -0.4 is 5.73 Å². The van der Waals surface area contributed by atoms with Gasteiger partial charge in [0.25, 0.3) is 0 Å². The quantitative estimate of drug-likeness (QED) is 0.704. The molecule has 0 amide bonds. The number of hydrogen-bond donors (Lipinski definition) is 2. The molecule has 2 heterocycles. The highest BCUT2D eigenvalue weighted by molar-refractivity contribution is 5.86. The molecule has 0 saturated carbocycles. The lowest BCUT2D eigenvalue weighted by atomic mass is 10.4. The first-order valence-electron chi connectivity index (χ1n) is 3.66. The van der Waals surface area contributed by atoms with E-state index in [0.29, 0.717) is 0 Å². The second-order valence-corrected chi connectivity index (χ2v) is 2.51. The minimum atomic E-state index is -1.14. The number of carbonyl (C=O) groups is 1. The van der Waals surface area contributed by atoms with Crippen molar-refractivity contribution in [3.8, 4) is 5.88 Å². The second kappa shape index (κ2) is 2.87. The summed E-state index contributed by atoms with van der Waals surface area (Å²) in [6, 6.07) is 1.24. The van der Waals surface area contributed by atoms with E-state index in [1.165, 1.54) is 18.7 Å². The van der Waals surface area contributed by atoms with Gasteiger partial charge in [-0.05, 0) is 0 Å². The Bertz CT molecular complexity index is 459. The van der Waals surface area contributed by atoms with E-state index in [4.69, 9.17) is 15.3 Å². The first-order chi connectivity index (χ1) is 6.68. The molecule has 0 radical (unpaired) electrons. The van der Waals surface area contributed by atoms with E-state index >= 15 is 0 Å². The molecule has 14 heavy (non-hydrogen) atoms. The molecule has 0 aliphatic rings. The van der Waals surface area contributed by atoms with E-state index in [9.17, 15) is 4.79 Å². The summed E-state index contributed by atoms with van der Waals surface area (Å²) >= 11 is 0. The Balaban J connectivity index is 2.50. The van der Waals surface area contributed by atoms with Crippen molar-refractivity contribution >= 4 is 11.8 Å². The summed E-state index contributed by atoms with van der Waals surface area (Å²) in [6.07, 6.45) is 2.59. The Morgan fingerprint density at radius 2 is 2.43 bits per heavy atom. The molecule has 72 valence electrons. The molecular formula is C7H6N4O3. The molecular weight excluding hydrogens is 188 g/mol. The largest absolute Gasteiger partial charge is 0.476 e. The molecule has 0 aliphatic heterocycles. The SMILES string of the molecule is Nc1cc(C(=O)O)nn1-c1cnco1. The highest BCUT2D eigenvalue weighted by Gasteiger charge is 2.13. The fourth-order valence-electron chi connectivity index (χ4n) is 0.990. The van der Waals surface area contributed by atoms with Crippen molar-refractivity contribution in [2.75, 3.05) is 5.73 Å². The third-order valence-electron chi connectivity index (χ3n) is 1.58. The van der Waals surface area contributed by atoms with Crippen LogP contribution in [0.4, 0.5) is 5.82 Å². The van der Waals surface area contributed by atoms with Crippen molar-refractivity contribution in [3.63, 3.8) is 0 Å². The molecule has 7 heteroatoms. The fourth-order valence-corrected chi connectivity index (χ4v) is 0.990. The van der Waals surface area contributed by atoms with Crippen LogP contribution in [0.2, 0.25) is 0 Å². The fraction of sp³-hybridized carbons (Fsp3) is 0. The first kappa shape index (κ1) is 8.30. The number of rotatable bonds is 2. The zero-order valence-electron chi connectivity index (χ0n) is 6.91. The zero-order valence-corrected chi connectivity index (χ0v) is 6.91. The van der Waals surface area contributed by atoms with Gasteiger partial charge in [0.1, 0.15) is 5.82 Å². The Morgan fingerprint density at radius 3 is 2.93 bits per heavy atom. The number of nitrogens with zero attached hydrogens (tertiary/aromatic N) is 3. The average molecular weight is 194 g/mol. The van der Waals surface area contributed by atoms with Gasteiger partial charge >= 0.3 is 5.97 Å². The lowest BCUT2D eigenvalue weighted by Gasteiger charge is -1.95. The minimum Gasteiger partial charge on any atom is -0.476 e. The summed E-state index contributed by atoms with van der Waals surface area (Å²) in [5, 5.41) is 12.4. The van der Waals surface area contributed by atoms with Crippen LogP contribution in [-0.4, -0.2) is 25.8 Å². The molecule has 0 fully saturated rings. The lowest BCUT2D eigenvalue weighted by molar-refractivity contribution is 0.0690. The monoisotopic (exact) mass is 194 g/mol. The number of nitrogens with two attached hydrogens (primary N) is 1. The number of hydrogen-bond acceptors (Lipinski definition) is 5. The van der Waals surface area contributed by atoms with Gasteiger partial charge in [0.05, 0.1) is 6.20 Å². The molecule has 7 nitrogen and oxygen atoms in total. The van der Waals surface area contributed by atoms with E-state index in [0.717, 1.165) is 4.68 Å². The average Bonchev–Trinajstić information content (AvgIpc) is 2.71. The van der Waals surface area contributed by atoms with Crippen LogP contribution in [0.3, 0.4) is 0 Å². The van der Waals surface area contributed by atoms with Crippen LogP contribution >= 0.6 is 0 Å². The molecule has 3 N–H and O–H groups in total. The predicted octanol–water partition coefficient (Wildman–Crippen LogP) is 0.141. The summed E-state index contributed by atoms with van der Waals surface area (Å²) in [4.78, 5) is 14.2. The van der Waals surface area contributed by atoms with Gasteiger partial charge in [-0.2, -0.15) is 9.78 Å². The van der Waals surface area contributed by atoms with E-state index in [2.05, 4.69) is 10.1 Å². The van der Waals surface area contributed by atoms with Gasteiger partial charge in [-0.3, -0.25) is 0 Å². The maximum absolute atomic E-state index is 10.6. The number of aromatic carboxylic acids is 1. The molecule has 0 bridgehead atoms. The Morgan fingerprint density at radius 1 is 1.64 bits per heavy atom. The summed E-state index contributed by atoms with van der Waals surface area (Å²) in [7, 11) is 0. The second-order valence-electron chi connectivity index (χ2n) is 2.51. The highest BCUT2D eigenvalue weighted by Crippen LogP contribution is 2.13. The van der Waals surface area contributed by atoms with Crippen molar-refractivity contribution < 1.29 is 14.3 Å². The number of carboxylic acid groups (broad SMARTS) is 1. The maximum atomic E-state index is 10.6. The van der Waals surface area contributed by atoms with Crippen molar-refractivity contribution in [1.82, 2.24) is 14.8 Å². The summed E-state index contributed by atoms with van der Waals surface area (Å²) in [5.74, 6) is -0.691. The van der Waals surface area contributed by atoms with Crippen molar-refractivity contribution in [1.29, 1.82) is 0 Å². The summed E-state index contributed by atoms with van der Waals surface area (Å²) in [5.41, 5.74) is 5.38. The summed E-state index contributed by atoms with van der Waals surface area (Å²) < 4.78 is 6.07. The van der Waals surface area contributed by atoms with Crippen LogP contribution in [0.25, 0.3) is 5.88 Å². The molecule has 0 spiro atoms. The standard InChI is InChI=1S/C7H6N4O3/c8-5-1-4(7(12)13)10-11(5)6-2-9-3-14-6/h1-3H,8H2,(H,12,13). The highest BCUT2D eigenvalue weighted by atomic mass is 16.4. The normalized spacial score (nSPS) is 10.3. The summed E-state index contributed by atoms with van der Waals surface area (Å²) in [6.45, 7) is 0. The third-order valence-corrected chi connectivity index (χ3v) is 1.58. The number of oxazole rings is 1. The van der Waals surface area contributed by atoms with E-state index < -0.39 is 5.97 Å².